The number of anilines is 1. The number of hydrogen-bond donors (Lipinski definition) is 2. The van der Waals surface area contributed by atoms with Crippen molar-refractivity contribution in [3.05, 3.63) is 23.8 Å². The summed E-state index contributed by atoms with van der Waals surface area (Å²) in [6.45, 7) is 2.36. The van der Waals surface area contributed by atoms with Crippen LogP contribution in [0.2, 0.25) is 0 Å². The number of piperazine rings is 1. The van der Waals surface area contributed by atoms with Crippen LogP contribution in [-0.4, -0.2) is 97.4 Å². The van der Waals surface area contributed by atoms with Crippen molar-refractivity contribution in [1.29, 1.82) is 0 Å². The number of carbonyl (C=O) groups is 2. The fourth-order valence-corrected chi connectivity index (χ4v) is 3.46. The Balaban J connectivity index is 1.72. The number of halogens is 1. The van der Waals surface area contributed by atoms with Crippen LogP contribution in [0.3, 0.4) is 0 Å². The van der Waals surface area contributed by atoms with Crippen LogP contribution in [0.15, 0.2) is 18.2 Å². The molecule has 0 aromatic heterocycles. The standard InChI is InChI=1S/C19H27FN4O4/c1-22-7-9-23(10-8-22)17(26)14-3-4-16(28-2)15(11-14)21-18(27)24-6-5-19(20,12-24)13-25/h3-4,11,25H,5-10,12-13H2,1-2H3,(H,21,27). The molecule has 28 heavy (non-hydrogen) atoms. The molecule has 1 atom stereocenters. The second-order valence-corrected chi connectivity index (χ2v) is 7.42. The van der Waals surface area contributed by atoms with E-state index < -0.39 is 18.3 Å². The van der Waals surface area contributed by atoms with Gasteiger partial charge in [-0.3, -0.25) is 4.79 Å². The van der Waals surface area contributed by atoms with E-state index in [1.165, 1.54) is 12.0 Å². The molecule has 0 spiro atoms. The number of methoxy groups -OCH3 is 1. The molecule has 3 amide bonds. The first-order valence-corrected chi connectivity index (χ1v) is 9.37. The van der Waals surface area contributed by atoms with Crippen LogP contribution in [-0.2, 0) is 0 Å². The fraction of sp³-hybridized carbons (Fsp3) is 0.579. The van der Waals surface area contributed by atoms with Crippen LogP contribution in [0.1, 0.15) is 16.8 Å². The lowest BCUT2D eigenvalue weighted by Gasteiger charge is -2.32. The molecule has 154 valence electrons. The molecule has 0 radical (unpaired) electrons. The first-order chi connectivity index (χ1) is 13.3. The van der Waals surface area contributed by atoms with Crippen molar-refractivity contribution < 1.29 is 23.8 Å². The first-order valence-electron chi connectivity index (χ1n) is 9.37. The second-order valence-electron chi connectivity index (χ2n) is 7.42. The van der Waals surface area contributed by atoms with Crippen LogP contribution in [0.5, 0.6) is 5.75 Å². The van der Waals surface area contributed by atoms with Gasteiger partial charge in [-0.05, 0) is 25.2 Å². The average molecular weight is 394 g/mol. The van der Waals surface area contributed by atoms with Gasteiger partial charge in [0.15, 0.2) is 5.67 Å². The molecule has 3 rings (SSSR count). The number of likely N-dealkylation sites (tertiary alicyclic amines) is 1. The molecule has 2 aliphatic rings. The average Bonchev–Trinajstić information content (AvgIpc) is 3.11. The Morgan fingerprint density at radius 3 is 2.54 bits per heavy atom. The molecule has 2 fully saturated rings. The normalized spacial score (nSPS) is 23.0. The van der Waals surface area contributed by atoms with E-state index in [1.807, 2.05) is 7.05 Å². The highest BCUT2D eigenvalue weighted by Gasteiger charge is 2.40. The summed E-state index contributed by atoms with van der Waals surface area (Å²) in [5, 5.41) is 11.8. The zero-order chi connectivity index (χ0) is 20.3. The zero-order valence-electron chi connectivity index (χ0n) is 16.3. The third-order valence-electron chi connectivity index (χ3n) is 5.35. The first kappa shape index (κ1) is 20.3. The van der Waals surface area contributed by atoms with Gasteiger partial charge in [-0.2, -0.15) is 0 Å². The van der Waals surface area contributed by atoms with Gasteiger partial charge in [0, 0.05) is 44.7 Å². The number of aliphatic hydroxyl groups excluding tert-OH is 1. The fourth-order valence-electron chi connectivity index (χ4n) is 3.46. The van der Waals surface area contributed by atoms with Crippen molar-refractivity contribution in [3.8, 4) is 5.75 Å². The van der Waals surface area contributed by atoms with E-state index in [-0.39, 0.29) is 25.4 Å². The van der Waals surface area contributed by atoms with Crippen molar-refractivity contribution in [2.75, 3.05) is 65.3 Å². The molecule has 2 heterocycles. The lowest BCUT2D eigenvalue weighted by molar-refractivity contribution is 0.0664. The van der Waals surface area contributed by atoms with Crippen LogP contribution in [0.25, 0.3) is 0 Å². The minimum atomic E-state index is -1.76. The van der Waals surface area contributed by atoms with Gasteiger partial charge in [0.25, 0.3) is 5.91 Å². The Hall–Kier alpha value is -2.39. The smallest absolute Gasteiger partial charge is 0.322 e. The topological polar surface area (TPSA) is 85.4 Å². The lowest BCUT2D eigenvalue weighted by Crippen LogP contribution is -2.47. The maximum absolute atomic E-state index is 14.2. The summed E-state index contributed by atoms with van der Waals surface area (Å²) in [6, 6.07) is 4.40. The molecular formula is C19H27FN4O4. The van der Waals surface area contributed by atoms with Gasteiger partial charge in [0.05, 0.1) is 25.9 Å². The number of benzene rings is 1. The predicted molar refractivity (Wildman–Crippen MR) is 103 cm³/mol. The van der Waals surface area contributed by atoms with Crippen LogP contribution >= 0.6 is 0 Å². The Morgan fingerprint density at radius 2 is 1.93 bits per heavy atom. The van der Waals surface area contributed by atoms with Crippen molar-refractivity contribution in [2.45, 2.75) is 12.1 Å². The number of likely N-dealkylation sites (N-methyl/N-ethyl adjacent to an activating group) is 1. The minimum absolute atomic E-state index is 0.0932. The largest absolute Gasteiger partial charge is 0.495 e. The molecule has 2 N–H and O–H groups in total. The van der Waals surface area contributed by atoms with Gasteiger partial charge in [0.1, 0.15) is 5.75 Å². The number of aliphatic hydroxyl groups is 1. The molecular weight excluding hydrogens is 367 g/mol. The number of amides is 3. The summed E-state index contributed by atoms with van der Waals surface area (Å²) >= 11 is 0. The van der Waals surface area contributed by atoms with Gasteiger partial charge < -0.3 is 29.9 Å². The van der Waals surface area contributed by atoms with Gasteiger partial charge >= 0.3 is 6.03 Å². The Kier molecular flexibility index (Phi) is 6.04. The summed E-state index contributed by atoms with van der Waals surface area (Å²) in [7, 11) is 3.49. The third-order valence-corrected chi connectivity index (χ3v) is 5.35. The van der Waals surface area contributed by atoms with Crippen LogP contribution in [0.4, 0.5) is 14.9 Å². The van der Waals surface area contributed by atoms with Crippen molar-refractivity contribution >= 4 is 17.6 Å². The van der Waals surface area contributed by atoms with E-state index in [0.29, 0.717) is 30.1 Å². The molecule has 0 bridgehead atoms. The molecule has 1 aromatic carbocycles. The highest BCUT2D eigenvalue weighted by molar-refractivity contribution is 5.98. The number of hydrogen-bond acceptors (Lipinski definition) is 5. The zero-order valence-corrected chi connectivity index (χ0v) is 16.3. The Bertz CT molecular complexity index is 739. The number of rotatable bonds is 4. The van der Waals surface area contributed by atoms with E-state index in [0.717, 1.165) is 13.1 Å². The number of urea groups is 1. The lowest BCUT2D eigenvalue weighted by atomic mass is 10.1. The van der Waals surface area contributed by atoms with Crippen molar-refractivity contribution in [1.82, 2.24) is 14.7 Å². The number of nitrogens with zero attached hydrogens (tertiary/aromatic N) is 3. The SMILES string of the molecule is COc1ccc(C(=O)N2CCN(C)CC2)cc1NC(=O)N1CCC(F)(CO)C1. The van der Waals surface area contributed by atoms with E-state index in [2.05, 4.69) is 10.2 Å². The number of ether oxygens (including phenoxy) is 1. The van der Waals surface area contributed by atoms with E-state index >= 15 is 0 Å². The van der Waals surface area contributed by atoms with E-state index in [4.69, 9.17) is 9.84 Å². The molecule has 2 saturated heterocycles. The van der Waals surface area contributed by atoms with Crippen LogP contribution in [0, 0.1) is 0 Å². The summed E-state index contributed by atoms with van der Waals surface area (Å²) in [6.07, 6.45) is 0.0932. The molecule has 0 saturated carbocycles. The molecule has 9 heteroatoms. The summed E-state index contributed by atoms with van der Waals surface area (Å²) in [5.74, 6) is 0.312. The second kappa shape index (κ2) is 8.32. The molecule has 1 unspecified atom stereocenters. The number of nitrogens with one attached hydrogen (secondary N) is 1. The van der Waals surface area contributed by atoms with Gasteiger partial charge in [-0.15, -0.1) is 0 Å². The van der Waals surface area contributed by atoms with Crippen molar-refractivity contribution in [2.24, 2.45) is 0 Å². The monoisotopic (exact) mass is 394 g/mol. The van der Waals surface area contributed by atoms with Gasteiger partial charge in [0.2, 0.25) is 0 Å². The van der Waals surface area contributed by atoms with E-state index in [1.54, 1.807) is 23.1 Å². The maximum atomic E-state index is 14.2. The van der Waals surface area contributed by atoms with E-state index in [9.17, 15) is 14.0 Å². The minimum Gasteiger partial charge on any atom is -0.495 e. The number of alkyl halides is 1. The molecule has 0 aliphatic carbocycles. The predicted octanol–water partition coefficient (Wildman–Crippen LogP) is 1.02. The quantitative estimate of drug-likeness (QED) is 0.797. The van der Waals surface area contributed by atoms with Crippen LogP contribution < -0.4 is 10.1 Å². The third kappa shape index (κ3) is 4.36. The summed E-state index contributed by atoms with van der Waals surface area (Å²) in [5.41, 5.74) is -0.953. The van der Waals surface area contributed by atoms with Crippen molar-refractivity contribution in [3.63, 3.8) is 0 Å². The highest BCUT2D eigenvalue weighted by Crippen LogP contribution is 2.29. The maximum Gasteiger partial charge on any atom is 0.322 e. The summed E-state index contributed by atoms with van der Waals surface area (Å²) < 4.78 is 19.5. The molecule has 2 aliphatic heterocycles. The molecule has 8 nitrogen and oxygen atoms in total. The number of carbonyl (C=O) groups excluding carboxylic acids is 2. The molecule has 1 aromatic rings. The highest BCUT2D eigenvalue weighted by atomic mass is 19.1. The Morgan fingerprint density at radius 1 is 1.21 bits per heavy atom. The Labute approximate surface area is 163 Å². The van der Waals surface area contributed by atoms with Gasteiger partial charge in [-0.1, -0.05) is 0 Å². The van der Waals surface area contributed by atoms with Gasteiger partial charge in [-0.25, -0.2) is 9.18 Å². The summed E-state index contributed by atoms with van der Waals surface area (Å²) in [4.78, 5) is 30.6.